The molecule has 20 heavy (non-hydrogen) atoms. The topological polar surface area (TPSA) is 49.6 Å². The molecule has 1 aliphatic carbocycles. The lowest BCUT2D eigenvalue weighted by atomic mass is 10.1. The number of anilines is 2. The average Bonchev–Trinajstić information content (AvgIpc) is 2.90. The first-order valence-electron chi connectivity index (χ1n) is 7.31. The molecule has 1 aromatic rings. The number of nitrogens with zero attached hydrogens (tertiary/aromatic N) is 2. The van der Waals surface area contributed by atoms with Crippen LogP contribution in [0, 0.1) is 5.92 Å². The second-order valence-corrected chi connectivity index (χ2v) is 6.00. The summed E-state index contributed by atoms with van der Waals surface area (Å²) >= 11 is 0. The Morgan fingerprint density at radius 1 is 1.25 bits per heavy atom. The Morgan fingerprint density at radius 2 is 1.90 bits per heavy atom. The van der Waals surface area contributed by atoms with Crippen LogP contribution in [0.25, 0.3) is 0 Å². The molecular formula is C16H25N3O. The van der Waals surface area contributed by atoms with Crippen molar-refractivity contribution in [3.63, 3.8) is 0 Å². The lowest BCUT2D eigenvalue weighted by Crippen LogP contribution is -2.31. The number of carbonyl (C=O) groups is 1. The third kappa shape index (κ3) is 3.24. The predicted molar refractivity (Wildman–Crippen MR) is 84.1 cm³/mol. The molecule has 1 fully saturated rings. The largest absolute Gasteiger partial charge is 0.397 e. The van der Waals surface area contributed by atoms with Crippen LogP contribution in [0.1, 0.15) is 36.0 Å². The molecule has 2 rings (SSSR count). The van der Waals surface area contributed by atoms with Gasteiger partial charge in [-0.3, -0.25) is 4.79 Å². The second kappa shape index (κ2) is 6.16. The first kappa shape index (κ1) is 14.7. The lowest BCUT2D eigenvalue weighted by Gasteiger charge is -2.22. The van der Waals surface area contributed by atoms with Gasteiger partial charge in [0.25, 0.3) is 5.91 Å². The van der Waals surface area contributed by atoms with Crippen molar-refractivity contribution in [1.29, 1.82) is 0 Å². The fourth-order valence-corrected chi connectivity index (χ4v) is 2.98. The van der Waals surface area contributed by atoms with Crippen LogP contribution in [0.2, 0.25) is 0 Å². The Morgan fingerprint density at radius 3 is 2.45 bits per heavy atom. The van der Waals surface area contributed by atoms with Crippen molar-refractivity contribution in [3.05, 3.63) is 23.8 Å². The summed E-state index contributed by atoms with van der Waals surface area (Å²) in [6, 6.07) is 5.55. The fourth-order valence-electron chi connectivity index (χ4n) is 2.98. The summed E-state index contributed by atoms with van der Waals surface area (Å²) in [4.78, 5) is 16.2. The van der Waals surface area contributed by atoms with E-state index in [1.807, 2.05) is 43.1 Å². The molecule has 4 heteroatoms. The highest BCUT2D eigenvalue weighted by Crippen LogP contribution is 2.26. The molecule has 0 bridgehead atoms. The van der Waals surface area contributed by atoms with E-state index in [4.69, 9.17) is 5.73 Å². The molecule has 0 radical (unpaired) electrons. The molecule has 1 amide bonds. The van der Waals surface area contributed by atoms with Gasteiger partial charge in [-0.2, -0.15) is 0 Å². The van der Waals surface area contributed by atoms with Crippen LogP contribution in [0.15, 0.2) is 18.2 Å². The summed E-state index contributed by atoms with van der Waals surface area (Å²) in [6.45, 7) is 0.855. The number of benzene rings is 1. The van der Waals surface area contributed by atoms with Crippen LogP contribution in [-0.2, 0) is 0 Å². The molecule has 0 aromatic heterocycles. The van der Waals surface area contributed by atoms with Gasteiger partial charge in [0.05, 0.1) is 11.4 Å². The van der Waals surface area contributed by atoms with Crippen molar-refractivity contribution in [2.45, 2.75) is 25.7 Å². The third-order valence-corrected chi connectivity index (χ3v) is 4.11. The van der Waals surface area contributed by atoms with E-state index < -0.39 is 0 Å². The van der Waals surface area contributed by atoms with Crippen molar-refractivity contribution < 1.29 is 4.79 Å². The summed E-state index contributed by atoms with van der Waals surface area (Å²) in [5, 5.41) is 0. The highest BCUT2D eigenvalue weighted by atomic mass is 16.2. The van der Waals surface area contributed by atoms with E-state index in [1.165, 1.54) is 25.7 Å². The lowest BCUT2D eigenvalue weighted by molar-refractivity contribution is 0.0773. The summed E-state index contributed by atoms with van der Waals surface area (Å²) in [6.07, 6.45) is 5.10. The zero-order valence-corrected chi connectivity index (χ0v) is 12.7. The van der Waals surface area contributed by atoms with Crippen LogP contribution in [0.3, 0.4) is 0 Å². The van der Waals surface area contributed by atoms with Crippen LogP contribution in [0.4, 0.5) is 11.4 Å². The monoisotopic (exact) mass is 275 g/mol. The maximum absolute atomic E-state index is 12.4. The molecule has 0 unspecified atom stereocenters. The van der Waals surface area contributed by atoms with Crippen molar-refractivity contribution in [2.24, 2.45) is 5.92 Å². The smallest absolute Gasteiger partial charge is 0.253 e. The van der Waals surface area contributed by atoms with Gasteiger partial charge in [0.1, 0.15) is 0 Å². The Kier molecular flexibility index (Phi) is 4.53. The van der Waals surface area contributed by atoms with Crippen LogP contribution >= 0.6 is 0 Å². The zero-order chi connectivity index (χ0) is 14.7. The van der Waals surface area contributed by atoms with Gasteiger partial charge >= 0.3 is 0 Å². The fraction of sp³-hybridized carbons (Fsp3) is 0.562. The maximum Gasteiger partial charge on any atom is 0.253 e. The molecule has 0 saturated heterocycles. The molecule has 4 nitrogen and oxygen atoms in total. The van der Waals surface area contributed by atoms with Crippen molar-refractivity contribution in [3.8, 4) is 0 Å². The molecule has 1 aromatic carbocycles. The van der Waals surface area contributed by atoms with E-state index in [2.05, 4.69) is 0 Å². The molecule has 1 saturated carbocycles. The van der Waals surface area contributed by atoms with Gasteiger partial charge in [-0.05, 0) is 37.0 Å². The van der Waals surface area contributed by atoms with Crippen LogP contribution in [0.5, 0.6) is 0 Å². The van der Waals surface area contributed by atoms with Gasteiger partial charge in [-0.1, -0.05) is 12.8 Å². The van der Waals surface area contributed by atoms with E-state index >= 15 is 0 Å². The highest BCUT2D eigenvalue weighted by Gasteiger charge is 2.20. The number of nitrogen functional groups attached to an aromatic ring is 1. The summed E-state index contributed by atoms with van der Waals surface area (Å²) in [7, 11) is 5.77. The van der Waals surface area contributed by atoms with Gasteiger partial charge < -0.3 is 15.5 Å². The Labute approximate surface area is 121 Å². The molecule has 2 N–H and O–H groups in total. The standard InChI is InChI=1S/C16H25N3O/c1-18(2)15-9-8-13(10-14(15)17)16(20)19(3)11-12-6-4-5-7-12/h8-10,12H,4-7,11,17H2,1-3H3. The van der Waals surface area contributed by atoms with Gasteiger partial charge in [-0.15, -0.1) is 0 Å². The van der Waals surface area contributed by atoms with Crippen LogP contribution in [-0.4, -0.2) is 38.5 Å². The summed E-state index contributed by atoms with van der Waals surface area (Å²) in [5.41, 5.74) is 8.28. The normalized spacial score (nSPS) is 15.3. The number of rotatable bonds is 4. The molecule has 0 heterocycles. The average molecular weight is 275 g/mol. The van der Waals surface area contributed by atoms with Gasteiger partial charge in [0.15, 0.2) is 0 Å². The molecule has 0 spiro atoms. The molecule has 110 valence electrons. The summed E-state index contributed by atoms with van der Waals surface area (Å²) in [5.74, 6) is 0.733. The Hall–Kier alpha value is -1.71. The number of amides is 1. The third-order valence-electron chi connectivity index (χ3n) is 4.11. The van der Waals surface area contributed by atoms with E-state index in [-0.39, 0.29) is 5.91 Å². The van der Waals surface area contributed by atoms with Crippen molar-refractivity contribution >= 4 is 17.3 Å². The van der Waals surface area contributed by atoms with E-state index in [1.54, 1.807) is 6.07 Å². The van der Waals surface area contributed by atoms with E-state index in [0.29, 0.717) is 17.2 Å². The van der Waals surface area contributed by atoms with Gasteiger partial charge in [-0.25, -0.2) is 0 Å². The number of carbonyl (C=O) groups excluding carboxylic acids is 1. The quantitative estimate of drug-likeness (QED) is 0.859. The summed E-state index contributed by atoms with van der Waals surface area (Å²) < 4.78 is 0. The minimum absolute atomic E-state index is 0.0638. The minimum Gasteiger partial charge on any atom is -0.397 e. The van der Waals surface area contributed by atoms with Crippen molar-refractivity contribution in [2.75, 3.05) is 38.3 Å². The van der Waals surface area contributed by atoms with E-state index in [0.717, 1.165) is 12.2 Å². The first-order valence-corrected chi connectivity index (χ1v) is 7.31. The highest BCUT2D eigenvalue weighted by molar-refractivity contribution is 5.96. The van der Waals surface area contributed by atoms with Crippen molar-refractivity contribution in [1.82, 2.24) is 4.90 Å². The van der Waals surface area contributed by atoms with E-state index in [9.17, 15) is 4.79 Å². The van der Waals surface area contributed by atoms with Gasteiger partial charge in [0, 0.05) is 33.3 Å². The SMILES string of the molecule is CN(CC1CCCC1)C(=O)c1ccc(N(C)C)c(N)c1. The number of hydrogen-bond acceptors (Lipinski definition) is 3. The predicted octanol–water partition coefficient (Wildman–Crippen LogP) is 2.60. The molecule has 0 aliphatic heterocycles. The van der Waals surface area contributed by atoms with Gasteiger partial charge in [0.2, 0.25) is 0 Å². The second-order valence-electron chi connectivity index (χ2n) is 6.00. The molecule has 0 atom stereocenters. The molecular weight excluding hydrogens is 250 g/mol. The number of nitrogens with two attached hydrogens (primary N) is 1. The Balaban J connectivity index is 2.06. The Bertz CT molecular complexity index is 479. The maximum atomic E-state index is 12.4. The first-order chi connectivity index (χ1) is 9.49. The van der Waals surface area contributed by atoms with Crippen LogP contribution < -0.4 is 10.6 Å². The minimum atomic E-state index is 0.0638. The zero-order valence-electron chi connectivity index (χ0n) is 12.7. The number of hydrogen-bond donors (Lipinski definition) is 1. The molecule has 1 aliphatic rings.